The number of aromatic nitrogens is 11. The van der Waals surface area contributed by atoms with Crippen LogP contribution in [0.3, 0.4) is 0 Å². The van der Waals surface area contributed by atoms with E-state index in [1.165, 1.54) is 29.2 Å². The summed E-state index contributed by atoms with van der Waals surface area (Å²) in [5.41, 5.74) is 3.18. The van der Waals surface area contributed by atoms with E-state index in [0.717, 1.165) is 32.1 Å². The fraction of sp³-hybridized carbons (Fsp3) is 0. The lowest BCUT2D eigenvalue weighted by atomic mass is 9.82. The second-order valence-electron chi connectivity index (χ2n) is 10.5. The van der Waals surface area contributed by atoms with E-state index in [4.69, 9.17) is 16.5 Å². The fourth-order valence-electron chi connectivity index (χ4n) is 3.85. The van der Waals surface area contributed by atoms with E-state index in [2.05, 4.69) is 108 Å². The number of H-pyrrole nitrogens is 1. The van der Waals surface area contributed by atoms with Gasteiger partial charge in [-0.05, 0) is 106 Å². The van der Waals surface area contributed by atoms with E-state index >= 15 is 0 Å². The molecule has 0 aliphatic heterocycles. The largest absolute Gasteiger partial charge is 0.490 e. The lowest BCUT2D eigenvalue weighted by Gasteiger charge is -1.98. The third kappa shape index (κ3) is 16.2. The van der Waals surface area contributed by atoms with Crippen molar-refractivity contribution in [3.05, 3.63) is 183 Å². The molecule has 0 atom stereocenters. The molecule has 8 rings (SSSR count). The number of nitrogens with one attached hydrogen (secondary N) is 1. The standard InChI is InChI=1S/C15H9FN4.C8H5FIN3.C7H5N.C5H5BFNO2.C3H3IN2/c16-12-9-15(11-17-10-12)20-8-6-14(19-20)5-4-13-3-1-2-7-18-13;9-6-3-7(5-11-4-6)13-2-1-8(10)12-13;1-2-7-5-3-4-6-8-7;7-5-1-4(6(9)10)2-8-3-5;4-3-1-2-5-6-3/h1-3,6-11H;1-5H;1,3-6H;1-3,9-10H;1-2H,(H,5,6). The molecule has 8 heterocycles. The van der Waals surface area contributed by atoms with Crippen LogP contribution in [0.1, 0.15) is 17.1 Å². The molecule has 0 bridgehead atoms. The minimum atomic E-state index is -1.65. The molecule has 3 N–H and O–H groups in total. The van der Waals surface area contributed by atoms with E-state index in [1.807, 2.05) is 42.5 Å². The van der Waals surface area contributed by atoms with Crippen LogP contribution in [0.5, 0.6) is 0 Å². The third-order valence-electron chi connectivity index (χ3n) is 6.34. The van der Waals surface area contributed by atoms with E-state index in [9.17, 15) is 13.2 Å². The molecule has 0 spiro atoms. The van der Waals surface area contributed by atoms with Gasteiger partial charge in [0, 0.05) is 54.8 Å². The number of pyridine rings is 5. The van der Waals surface area contributed by atoms with Crippen molar-refractivity contribution >= 4 is 57.8 Å². The van der Waals surface area contributed by atoms with Gasteiger partial charge in [-0.3, -0.25) is 20.1 Å². The number of nitrogens with zero attached hydrogens (tertiary/aromatic N) is 10. The second kappa shape index (κ2) is 23.6. The smallest absolute Gasteiger partial charge is 0.423 e. The summed E-state index contributed by atoms with van der Waals surface area (Å²) in [6, 6.07) is 20.3. The second-order valence-corrected chi connectivity index (χ2v) is 12.8. The van der Waals surface area contributed by atoms with Crippen LogP contribution < -0.4 is 5.46 Å². The molecule has 8 aromatic heterocycles. The Labute approximate surface area is 352 Å². The highest BCUT2D eigenvalue weighted by Crippen LogP contribution is 2.09. The van der Waals surface area contributed by atoms with Gasteiger partial charge in [-0.15, -0.1) is 6.42 Å². The Bertz CT molecular complexity index is 2510. The monoisotopic (exact) mass is 991 g/mol. The SMILES string of the molecule is C#Cc1ccccn1.Fc1cncc(-n2ccc(C#Cc3ccccn3)n2)c1.Fc1cncc(-n2ccc(I)n2)c1.Ic1ccn[nH]1.OB(O)c1cncc(F)c1. The topological polar surface area (TPSA) is 169 Å². The van der Waals surface area contributed by atoms with Crippen LogP contribution in [0.2, 0.25) is 0 Å². The number of aromatic amines is 1. The van der Waals surface area contributed by atoms with Crippen LogP contribution in [0.4, 0.5) is 13.2 Å². The highest BCUT2D eigenvalue weighted by Gasteiger charge is 2.11. The van der Waals surface area contributed by atoms with Crippen molar-refractivity contribution in [1.29, 1.82) is 0 Å². The number of hydrogen-bond donors (Lipinski definition) is 3. The van der Waals surface area contributed by atoms with Gasteiger partial charge in [0.2, 0.25) is 0 Å². The summed E-state index contributed by atoms with van der Waals surface area (Å²) in [5.74, 6) is 6.89. The van der Waals surface area contributed by atoms with E-state index in [1.54, 1.807) is 54.0 Å². The maximum absolute atomic E-state index is 13.1. The van der Waals surface area contributed by atoms with Crippen LogP contribution in [-0.4, -0.2) is 71.8 Å². The first-order valence-corrected chi connectivity index (χ1v) is 18.2. The predicted molar refractivity (Wildman–Crippen MR) is 223 cm³/mol. The van der Waals surface area contributed by atoms with Crippen LogP contribution in [0.15, 0.2) is 141 Å². The highest BCUT2D eigenvalue weighted by atomic mass is 127. The molecule has 0 saturated carbocycles. The molecule has 284 valence electrons. The Kier molecular flexibility index (Phi) is 18.0. The highest BCUT2D eigenvalue weighted by molar-refractivity contribution is 14.1. The van der Waals surface area contributed by atoms with E-state index in [0.29, 0.717) is 28.5 Å². The summed E-state index contributed by atoms with van der Waals surface area (Å²) in [4.78, 5) is 18.9. The summed E-state index contributed by atoms with van der Waals surface area (Å²) in [6.45, 7) is 0. The van der Waals surface area contributed by atoms with Crippen LogP contribution >= 0.6 is 45.2 Å². The number of halogens is 5. The van der Waals surface area contributed by atoms with Gasteiger partial charge in [-0.1, -0.05) is 18.1 Å². The van der Waals surface area contributed by atoms with Gasteiger partial charge in [0.25, 0.3) is 0 Å². The molecule has 0 aliphatic rings. The lowest BCUT2D eigenvalue weighted by Crippen LogP contribution is -2.30. The molecule has 0 radical (unpaired) electrons. The van der Waals surface area contributed by atoms with Crippen LogP contribution in [0.25, 0.3) is 11.4 Å². The van der Waals surface area contributed by atoms with Crippen molar-refractivity contribution in [2.45, 2.75) is 0 Å². The maximum Gasteiger partial charge on any atom is 0.490 e. The van der Waals surface area contributed by atoms with Crippen molar-refractivity contribution in [1.82, 2.24) is 54.7 Å². The Balaban J connectivity index is 0.000000169. The van der Waals surface area contributed by atoms with Gasteiger partial charge < -0.3 is 10.0 Å². The average Bonchev–Trinajstić information content (AvgIpc) is 4.02. The summed E-state index contributed by atoms with van der Waals surface area (Å²) < 4.78 is 43.1. The minimum Gasteiger partial charge on any atom is -0.423 e. The average molecular weight is 991 g/mol. The molecular weight excluding hydrogens is 964 g/mol. The fourth-order valence-corrected chi connectivity index (χ4v) is 4.55. The molecule has 0 aromatic carbocycles. The van der Waals surface area contributed by atoms with Gasteiger partial charge in [-0.25, -0.2) is 32.5 Å². The predicted octanol–water partition coefficient (Wildman–Crippen LogP) is 5.19. The van der Waals surface area contributed by atoms with Crippen molar-refractivity contribution in [2.24, 2.45) is 0 Å². The third-order valence-corrected chi connectivity index (χ3v) is 7.52. The lowest BCUT2D eigenvalue weighted by molar-refractivity contribution is 0.425. The summed E-state index contributed by atoms with van der Waals surface area (Å²) >= 11 is 4.25. The molecular formula is C38H27BF3I2N11O2. The zero-order valence-corrected chi connectivity index (χ0v) is 33.5. The van der Waals surface area contributed by atoms with Crippen LogP contribution in [-0.2, 0) is 0 Å². The molecule has 8 aromatic rings. The summed E-state index contributed by atoms with van der Waals surface area (Å²) in [7, 11) is -1.65. The first-order chi connectivity index (χ1) is 27.6. The van der Waals surface area contributed by atoms with Crippen molar-refractivity contribution in [3.8, 4) is 35.6 Å². The minimum absolute atomic E-state index is 0.0556. The molecule has 0 amide bonds. The van der Waals surface area contributed by atoms with Crippen molar-refractivity contribution in [2.75, 3.05) is 0 Å². The van der Waals surface area contributed by atoms with Gasteiger partial charge in [0.15, 0.2) is 0 Å². The molecule has 0 fully saturated rings. The van der Waals surface area contributed by atoms with E-state index < -0.39 is 18.8 Å². The van der Waals surface area contributed by atoms with Gasteiger partial charge in [0.1, 0.15) is 38.2 Å². The Hall–Kier alpha value is -6.27. The molecule has 13 nitrogen and oxygen atoms in total. The zero-order chi connectivity index (χ0) is 40.8. The normalized spacial score (nSPS) is 9.51. The summed E-state index contributed by atoms with van der Waals surface area (Å²) in [5, 5.41) is 31.8. The maximum atomic E-state index is 13.1. The van der Waals surface area contributed by atoms with Crippen molar-refractivity contribution in [3.63, 3.8) is 0 Å². The number of hydrogen-bond acceptors (Lipinski definition) is 10. The Morgan fingerprint density at radius 3 is 1.61 bits per heavy atom. The number of terminal acetylenes is 1. The summed E-state index contributed by atoms with van der Waals surface area (Å²) in [6.07, 6.45) is 21.2. The Morgan fingerprint density at radius 2 is 1.19 bits per heavy atom. The number of rotatable bonds is 3. The van der Waals surface area contributed by atoms with Gasteiger partial charge in [0.05, 0.1) is 46.1 Å². The van der Waals surface area contributed by atoms with Gasteiger partial charge >= 0.3 is 7.12 Å². The quantitative estimate of drug-likeness (QED) is 0.122. The van der Waals surface area contributed by atoms with E-state index in [-0.39, 0.29) is 11.3 Å². The first-order valence-electron chi connectivity index (χ1n) is 16.0. The molecule has 0 aliphatic carbocycles. The molecule has 19 heteroatoms. The molecule has 57 heavy (non-hydrogen) atoms. The van der Waals surface area contributed by atoms with Gasteiger partial charge in [-0.2, -0.15) is 15.3 Å². The van der Waals surface area contributed by atoms with Crippen LogP contribution in [0, 0.1) is 49.0 Å². The zero-order valence-electron chi connectivity index (χ0n) is 29.2. The molecule has 0 unspecified atom stereocenters. The first kappa shape index (κ1) is 43.5. The van der Waals surface area contributed by atoms with Crippen molar-refractivity contribution < 1.29 is 23.2 Å². The Morgan fingerprint density at radius 1 is 0.632 bits per heavy atom. The molecule has 0 saturated heterocycles.